The lowest BCUT2D eigenvalue weighted by Gasteiger charge is -2.33. The van der Waals surface area contributed by atoms with Crippen LogP contribution < -0.4 is 9.47 Å². The molecule has 3 aliphatic rings. The van der Waals surface area contributed by atoms with Crippen LogP contribution >= 0.6 is 23.2 Å². The van der Waals surface area contributed by atoms with Gasteiger partial charge < -0.3 is 24.2 Å². The molecular weight excluding hydrogens is 561 g/mol. The molecule has 5 rings (SSSR count). The van der Waals surface area contributed by atoms with Crippen molar-refractivity contribution in [1.82, 2.24) is 14.7 Å². The van der Waals surface area contributed by atoms with Gasteiger partial charge in [-0.25, -0.2) is 4.79 Å². The van der Waals surface area contributed by atoms with Crippen LogP contribution in [0.5, 0.6) is 11.5 Å². The molecule has 9 heteroatoms. The number of nitrogens with zero attached hydrogens (tertiary/aromatic N) is 3. The van der Waals surface area contributed by atoms with Gasteiger partial charge in [-0.15, -0.1) is 0 Å². The fourth-order valence-corrected chi connectivity index (χ4v) is 6.27. The minimum Gasteiger partial charge on any atom is -0.494 e. The lowest BCUT2D eigenvalue weighted by molar-refractivity contribution is -0.136. The van der Waals surface area contributed by atoms with Gasteiger partial charge in [0.25, 0.3) is 0 Å². The second-order valence-corrected chi connectivity index (χ2v) is 12.6. The number of hydrogen-bond donors (Lipinski definition) is 0. The summed E-state index contributed by atoms with van der Waals surface area (Å²) in [6.07, 6.45) is 6.05. The van der Waals surface area contributed by atoms with Gasteiger partial charge in [0.15, 0.2) is 0 Å². The fraction of sp³-hybridized carbons (Fsp3) is 0.562. The number of halogens is 2. The van der Waals surface area contributed by atoms with Crippen molar-refractivity contribution in [1.29, 1.82) is 0 Å². The molecule has 0 unspecified atom stereocenters. The van der Waals surface area contributed by atoms with Gasteiger partial charge in [-0.1, -0.05) is 42.6 Å². The number of carbonyl (C=O) groups excluding carboxylic acids is 2. The highest BCUT2D eigenvalue weighted by Crippen LogP contribution is 2.36. The van der Waals surface area contributed by atoms with Crippen LogP contribution in [0.1, 0.15) is 56.9 Å². The van der Waals surface area contributed by atoms with Crippen LogP contribution in [0, 0.1) is 11.8 Å². The number of carbonyl (C=O) groups is 2. The van der Waals surface area contributed by atoms with Crippen molar-refractivity contribution in [2.75, 3.05) is 46.4 Å². The average molecular weight is 603 g/mol. The van der Waals surface area contributed by atoms with Crippen LogP contribution in [-0.2, 0) is 4.79 Å². The standard InChI is InChI=1S/C32H41Cl2N3O4/c1-3-4-17-40-25-8-10-26(11-9-25)41-32(39)35(2)30-21-37(20-27(30)24-7-12-28(33)29(34)18-24)31(38)23-13-15-36(16-14-23)19-22-5-6-22/h7-12,18,22-23,27,30H,3-6,13-17,19-21H2,1-2H3/t27-,30+/m0/s1. The van der Waals surface area contributed by atoms with E-state index >= 15 is 0 Å². The van der Waals surface area contributed by atoms with Crippen molar-refractivity contribution in [2.24, 2.45) is 11.8 Å². The van der Waals surface area contributed by atoms with E-state index in [4.69, 9.17) is 32.7 Å². The Morgan fingerprint density at radius 2 is 1.66 bits per heavy atom. The Bertz CT molecular complexity index is 1200. The van der Waals surface area contributed by atoms with Crippen LogP contribution in [0.3, 0.4) is 0 Å². The average Bonchev–Trinajstić information content (AvgIpc) is 3.69. The first-order valence-corrected chi connectivity index (χ1v) is 15.7. The summed E-state index contributed by atoms with van der Waals surface area (Å²) in [5.74, 6) is 2.14. The summed E-state index contributed by atoms with van der Waals surface area (Å²) in [4.78, 5) is 33.1. The highest BCUT2D eigenvalue weighted by atomic mass is 35.5. The zero-order valence-corrected chi connectivity index (χ0v) is 25.6. The molecule has 222 valence electrons. The van der Waals surface area contributed by atoms with Crippen molar-refractivity contribution < 1.29 is 19.1 Å². The summed E-state index contributed by atoms with van der Waals surface area (Å²) < 4.78 is 11.4. The Balaban J connectivity index is 1.25. The van der Waals surface area contributed by atoms with Gasteiger partial charge in [0, 0.05) is 38.5 Å². The molecule has 7 nitrogen and oxygen atoms in total. The lowest BCUT2D eigenvalue weighted by atomic mass is 9.93. The van der Waals surface area contributed by atoms with E-state index in [-0.39, 0.29) is 23.8 Å². The molecule has 0 aromatic heterocycles. The van der Waals surface area contributed by atoms with Gasteiger partial charge in [-0.05, 0) is 93.1 Å². The number of rotatable bonds is 10. The van der Waals surface area contributed by atoms with Gasteiger partial charge in [0.05, 0.1) is 22.7 Å². The van der Waals surface area contributed by atoms with Crippen molar-refractivity contribution in [3.63, 3.8) is 0 Å². The van der Waals surface area contributed by atoms with Crippen molar-refractivity contribution in [3.05, 3.63) is 58.1 Å². The van der Waals surface area contributed by atoms with Gasteiger partial charge >= 0.3 is 6.09 Å². The Morgan fingerprint density at radius 1 is 0.951 bits per heavy atom. The molecule has 0 bridgehead atoms. The third-order valence-corrected chi connectivity index (χ3v) is 9.44. The van der Waals surface area contributed by atoms with E-state index in [9.17, 15) is 9.59 Å². The minimum atomic E-state index is -0.470. The monoisotopic (exact) mass is 601 g/mol. The first kappa shape index (κ1) is 30.0. The molecule has 0 N–H and O–H groups in total. The number of benzene rings is 2. The van der Waals surface area contributed by atoms with E-state index in [1.807, 2.05) is 29.2 Å². The maximum absolute atomic E-state index is 13.7. The molecule has 1 saturated carbocycles. The normalized spacial score (nSPS) is 21.6. The van der Waals surface area contributed by atoms with E-state index in [1.165, 1.54) is 19.4 Å². The molecule has 2 saturated heterocycles. The first-order chi connectivity index (χ1) is 19.8. The second-order valence-electron chi connectivity index (χ2n) is 11.8. The molecular formula is C32H41Cl2N3O4. The van der Waals surface area contributed by atoms with E-state index in [0.717, 1.165) is 56.0 Å². The van der Waals surface area contributed by atoms with Crippen LogP contribution in [-0.4, -0.2) is 79.1 Å². The van der Waals surface area contributed by atoms with E-state index in [1.54, 1.807) is 30.1 Å². The summed E-state index contributed by atoms with van der Waals surface area (Å²) >= 11 is 12.6. The Labute approximate surface area is 253 Å². The van der Waals surface area contributed by atoms with Crippen LogP contribution in [0.2, 0.25) is 10.0 Å². The third kappa shape index (κ3) is 7.68. The predicted octanol–water partition coefficient (Wildman–Crippen LogP) is 6.72. The SMILES string of the molecule is CCCCOc1ccc(OC(=O)N(C)[C@@H]2CN(C(=O)C3CCN(CC4CC4)CC3)C[C@H]2c2ccc(Cl)c(Cl)c2)cc1. The van der Waals surface area contributed by atoms with Crippen LogP contribution in [0.15, 0.2) is 42.5 Å². The largest absolute Gasteiger partial charge is 0.494 e. The maximum Gasteiger partial charge on any atom is 0.415 e. The summed E-state index contributed by atoms with van der Waals surface area (Å²) in [6.45, 7) is 6.88. The first-order valence-electron chi connectivity index (χ1n) is 15.0. The molecule has 41 heavy (non-hydrogen) atoms. The third-order valence-electron chi connectivity index (χ3n) is 8.70. The smallest absolute Gasteiger partial charge is 0.415 e. The van der Waals surface area contributed by atoms with E-state index in [2.05, 4.69) is 11.8 Å². The van der Waals surface area contributed by atoms with Gasteiger partial charge in [0.2, 0.25) is 5.91 Å². The number of ether oxygens (including phenoxy) is 2. The van der Waals surface area contributed by atoms with E-state index < -0.39 is 6.09 Å². The molecule has 2 amide bonds. The molecule has 3 fully saturated rings. The van der Waals surface area contributed by atoms with Crippen molar-refractivity contribution in [2.45, 2.75) is 57.4 Å². The predicted molar refractivity (Wildman–Crippen MR) is 162 cm³/mol. The summed E-state index contributed by atoms with van der Waals surface area (Å²) in [6, 6.07) is 12.4. The number of piperidine rings is 1. The Morgan fingerprint density at radius 3 is 2.32 bits per heavy atom. The molecule has 2 aromatic carbocycles. The summed E-state index contributed by atoms with van der Waals surface area (Å²) in [5, 5.41) is 0.938. The fourth-order valence-electron chi connectivity index (χ4n) is 5.96. The summed E-state index contributed by atoms with van der Waals surface area (Å²) in [5.41, 5.74) is 0.951. The zero-order valence-electron chi connectivity index (χ0n) is 24.1. The molecule has 0 radical (unpaired) electrons. The van der Waals surface area contributed by atoms with Gasteiger partial charge in [-0.3, -0.25) is 4.79 Å². The number of amides is 2. The zero-order chi connectivity index (χ0) is 28.9. The van der Waals surface area contributed by atoms with Crippen LogP contribution in [0.25, 0.3) is 0 Å². The minimum absolute atomic E-state index is 0.0222. The highest BCUT2D eigenvalue weighted by molar-refractivity contribution is 6.42. The number of unbranched alkanes of at least 4 members (excludes halogenated alkanes) is 1. The molecule has 0 spiro atoms. The number of likely N-dealkylation sites (N-methyl/N-ethyl adjacent to an activating group) is 1. The molecule has 2 aliphatic heterocycles. The molecule has 2 aromatic rings. The molecule has 2 heterocycles. The lowest BCUT2D eigenvalue weighted by Crippen LogP contribution is -2.45. The topological polar surface area (TPSA) is 62.3 Å². The van der Waals surface area contributed by atoms with Gasteiger partial charge in [-0.2, -0.15) is 0 Å². The molecule has 1 aliphatic carbocycles. The Hall–Kier alpha value is -2.48. The maximum atomic E-state index is 13.7. The number of likely N-dealkylation sites (tertiary alicyclic amines) is 2. The van der Waals surface area contributed by atoms with Crippen molar-refractivity contribution in [3.8, 4) is 11.5 Å². The van der Waals surface area contributed by atoms with Gasteiger partial charge in [0.1, 0.15) is 11.5 Å². The van der Waals surface area contributed by atoms with E-state index in [0.29, 0.717) is 35.5 Å². The highest BCUT2D eigenvalue weighted by Gasteiger charge is 2.42. The van der Waals surface area contributed by atoms with Crippen LogP contribution in [0.4, 0.5) is 4.79 Å². The second kappa shape index (κ2) is 13.7. The summed E-state index contributed by atoms with van der Waals surface area (Å²) in [7, 11) is 1.74. The molecule has 2 atom stereocenters. The number of hydrogen-bond acceptors (Lipinski definition) is 5. The quantitative estimate of drug-likeness (QED) is 0.283. The Kier molecular flexibility index (Phi) is 9.99. The van der Waals surface area contributed by atoms with Crippen molar-refractivity contribution >= 4 is 35.2 Å².